The lowest BCUT2D eigenvalue weighted by molar-refractivity contribution is 0.146. The van der Waals surface area contributed by atoms with E-state index >= 15 is 0 Å². The Morgan fingerprint density at radius 3 is 2.73 bits per heavy atom. The van der Waals surface area contributed by atoms with E-state index in [1.54, 1.807) is 42.3 Å². The van der Waals surface area contributed by atoms with Gasteiger partial charge in [0.05, 0.1) is 19.4 Å². The number of anilines is 2. The fraction of sp³-hybridized carbons (Fsp3) is 0.429. The van der Waals surface area contributed by atoms with Crippen LogP contribution in [-0.2, 0) is 11.3 Å². The fourth-order valence-electron chi connectivity index (χ4n) is 3.75. The minimum atomic E-state index is -0.301. The summed E-state index contributed by atoms with van der Waals surface area (Å²) >= 11 is 0. The number of hydrogen-bond acceptors (Lipinski definition) is 8. The third-order valence-electron chi connectivity index (χ3n) is 5.24. The van der Waals surface area contributed by atoms with Gasteiger partial charge in [0.2, 0.25) is 5.95 Å². The molecule has 0 radical (unpaired) electrons. The zero-order valence-corrected chi connectivity index (χ0v) is 16.9. The van der Waals surface area contributed by atoms with Gasteiger partial charge in [-0.2, -0.15) is 4.98 Å². The number of aliphatic hydroxyl groups is 1. The van der Waals surface area contributed by atoms with Crippen molar-refractivity contribution in [1.82, 2.24) is 19.5 Å². The van der Waals surface area contributed by atoms with Gasteiger partial charge in [-0.05, 0) is 31.0 Å². The van der Waals surface area contributed by atoms with E-state index in [2.05, 4.69) is 20.3 Å². The van der Waals surface area contributed by atoms with Gasteiger partial charge < -0.3 is 19.9 Å². The van der Waals surface area contributed by atoms with Crippen LogP contribution in [0.15, 0.2) is 35.4 Å². The van der Waals surface area contributed by atoms with Gasteiger partial charge in [-0.3, -0.25) is 9.36 Å². The molecular weight excluding hydrogens is 386 g/mol. The molecule has 3 aromatic rings. The second-order valence-corrected chi connectivity index (χ2v) is 7.26. The van der Waals surface area contributed by atoms with Gasteiger partial charge in [0.1, 0.15) is 23.8 Å². The molecule has 1 saturated carbocycles. The van der Waals surface area contributed by atoms with Crippen molar-refractivity contribution in [2.45, 2.75) is 38.3 Å². The van der Waals surface area contributed by atoms with Crippen molar-refractivity contribution in [3.63, 3.8) is 0 Å². The maximum atomic E-state index is 12.9. The number of methoxy groups -OCH3 is 1. The van der Waals surface area contributed by atoms with Crippen molar-refractivity contribution in [3.05, 3.63) is 46.5 Å². The first kappa shape index (κ1) is 20.2. The van der Waals surface area contributed by atoms with Crippen LogP contribution in [-0.4, -0.2) is 44.9 Å². The fourth-order valence-corrected chi connectivity index (χ4v) is 3.75. The molecule has 0 spiro atoms. The molecule has 4 rings (SSSR count). The van der Waals surface area contributed by atoms with Crippen LogP contribution in [0.25, 0.3) is 11.0 Å². The van der Waals surface area contributed by atoms with E-state index in [-0.39, 0.29) is 18.2 Å². The van der Waals surface area contributed by atoms with E-state index in [0.717, 1.165) is 31.1 Å². The van der Waals surface area contributed by atoms with Crippen LogP contribution in [0.5, 0.6) is 5.75 Å². The molecule has 1 aliphatic rings. The highest BCUT2D eigenvalue weighted by Crippen LogP contribution is 2.30. The van der Waals surface area contributed by atoms with Gasteiger partial charge in [0, 0.05) is 30.3 Å². The highest BCUT2D eigenvalue weighted by atomic mass is 16.5. The summed E-state index contributed by atoms with van der Waals surface area (Å²) in [6.07, 6.45) is 7.31. The van der Waals surface area contributed by atoms with Crippen molar-refractivity contribution in [2.75, 3.05) is 25.6 Å². The second-order valence-electron chi connectivity index (χ2n) is 7.26. The Morgan fingerprint density at radius 2 is 2.03 bits per heavy atom. The van der Waals surface area contributed by atoms with E-state index in [9.17, 15) is 9.90 Å². The van der Waals surface area contributed by atoms with Crippen LogP contribution in [0.3, 0.4) is 0 Å². The Kier molecular flexibility index (Phi) is 6.20. The van der Waals surface area contributed by atoms with E-state index in [1.165, 1.54) is 0 Å². The molecule has 3 heterocycles. The number of pyridine rings is 2. The zero-order valence-electron chi connectivity index (χ0n) is 16.9. The molecule has 2 N–H and O–H groups in total. The van der Waals surface area contributed by atoms with Gasteiger partial charge in [-0.15, -0.1) is 0 Å². The highest BCUT2D eigenvalue weighted by Gasteiger charge is 2.22. The molecule has 0 amide bonds. The quantitative estimate of drug-likeness (QED) is 0.544. The number of nitrogens with one attached hydrogen (secondary N) is 1. The number of aliphatic hydroxyl groups excluding tert-OH is 1. The molecular formula is C21H25N5O4. The minimum Gasteiger partial charge on any atom is -0.490 e. The molecule has 0 atom stereocenters. The van der Waals surface area contributed by atoms with Gasteiger partial charge in [-0.25, -0.2) is 9.97 Å². The monoisotopic (exact) mass is 411 g/mol. The normalized spacial score (nSPS) is 14.3. The summed E-state index contributed by atoms with van der Waals surface area (Å²) in [5.74, 6) is 1.56. The van der Waals surface area contributed by atoms with Crippen molar-refractivity contribution in [1.29, 1.82) is 0 Å². The third kappa shape index (κ3) is 4.27. The van der Waals surface area contributed by atoms with E-state index in [0.29, 0.717) is 41.9 Å². The molecule has 0 unspecified atom stereocenters. The summed E-state index contributed by atoms with van der Waals surface area (Å²) in [5, 5.41) is 13.4. The van der Waals surface area contributed by atoms with Crippen LogP contribution in [0.2, 0.25) is 0 Å². The highest BCUT2D eigenvalue weighted by molar-refractivity contribution is 5.76. The SMILES string of the molecule is COCCOc1ccc(Nc2ncc3cc(CO)c(=O)n(C4CCCC4)c3n2)nc1. The maximum Gasteiger partial charge on any atom is 0.258 e. The second kappa shape index (κ2) is 9.19. The molecule has 0 aromatic carbocycles. The topological polar surface area (TPSA) is 111 Å². The van der Waals surface area contributed by atoms with Gasteiger partial charge in [0.25, 0.3) is 5.56 Å². The van der Waals surface area contributed by atoms with Crippen molar-refractivity contribution < 1.29 is 14.6 Å². The van der Waals surface area contributed by atoms with E-state index in [4.69, 9.17) is 9.47 Å². The predicted molar refractivity (Wildman–Crippen MR) is 112 cm³/mol. The van der Waals surface area contributed by atoms with E-state index < -0.39 is 0 Å². The lowest BCUT2D eigenvalue weighted by atomic mass is 10.2. The smallest absolute Gasteiger partial charge is 0.258 e. The number of hydrogen-bond donors (Lipinski definition) is 2. The molecule has 3 aromatic heterocycles. The van der Waals surface area contributed by atoms with Crippen molar-refractivity contribution in [3.8, 4) is 5.75 Å². The summed E-state index contributed by atoms with van der Waals surface area (Å²) in [4.78, 5) is 26.2. The zero-order chi connectivity index (χ0) is 20.9. The number of ether oxygens (including phenoxy) is 2. The first-order valence-corrected chi connectivity index (χ1v) is 10.1. The summed E-state index contributed by atoms with van der Waals surface area (Å²) in [6, 6.07) is 5.33. The number of fused-ring (bicyclic) bond motifs is 1. The van der Waals surface area contributed by atoms with Crippen LogP contribution in [0.1, 0.15) is 37.3 Å². The van der Waals surface area contributed by atoms with Crippen LogP contribution in [0.4, 0.5) is 11.8 Å². The Hall–Kier alpha value is -3.04. The van der Waals surface area contributed by atoms with Crippen molar-refractivity contribution in [2.24, 2.45) is 0 Å². The maximum absolute atomic E-state index is 12.9. The minimum absolute atomic E-state index is 0.0934. The van der Waals surface area contributed by atoms with Crippen molar-refractivity contribution >= 4 is 22.8 Å². The molecule has 158 valence electrons. The van der Waals surface area contributed by atoms with E-state index in [1.807, 2.05) is 0 Å². The Balaban J connectivity index is 1.62. The first-order chi connectivity index (χ1) is 14.7. The molecule has 0 aliphatic heterocycles. The number of rotatable bonds is 8. The number of nitrogens with zero attached hydrogens (tertiary/aromatic N) is 4. The predicted octanol–water partition coefficient (Wildman–Crippen LogP) is 2.56. The Morgan fingerprint density at radius 1 is 1.20 bits per heavy atom. The third-order valence-corrected chi connectivity index (χ3v) is 5.24. The van der Waals surface area contributed by atoms with Crippen LogP contribution < -0.4 is 15.6 Å². The number of aromatic nitrogens is 4. The first-order valence-electron chi connectivity index (χ1n) is 10.1. The lowest BCUT2D eigenvalue weighted by Gasteiger charge is -2.17. The summed E-state index contributed by atoms with van der Waals surface area (Å²) in [5.41, 5.74) is 0.753. The molecule has 30 heavy (non-hydrogen) atoms. The summed E-state index contributed by atoms with van der Waals surface area (Å²) < 4.78 is 12.2. The average molecular weight is 411 g/mol. The average Bonchev–Trinajstić information content (AvgIpc) is 3.29. The molecule has 0 saturated heterocycles. The Bertz CT molecular complexity index is 1060. The van der Waals surface area contributed by atoms with Crippen LogP contribution >= 0.6 is 0 Å². The van der Waals surface area contributed by atoms with Gasteiger partial charge in [-0.1, -0.05) is 12.8 Å². The lowest BCUT2D eigenvalue weighted by Crippen LogP contribution is -2.27. The molecule has 9 heteroatoms. The molecule has 1 fully saturated rings. The van der Waals surface area contributed by atoms with Gasteiger partial charge in [0.15, 0.2) is 0 Å². The summed E-state index contributed by atoms with van der Waals surface area (Å²) in [7, 11) is 1.62. The molecule has 0 bridgehead atoms. The molecule has 9 nitrogen and oxygen atoms in total. The largest absolute Gasteiger partial charge is 0.490 e. The standard InChI is InChI=1S/C21H25N5O4/c1-29-8-9-30-17-6-7-18(22-12-17)24-21-23-11-14-10-15(13-27)20(28)26(19(14)25-21)16-4-2-3-5-16/h6-7,10-12,16,27H,2-5,8-9,13H2,1H3,(H,22,23,24,25). The Labute approximate surface area is 173 Å². The molecule has 1 aliphatic carbocycles. The van der Waals surface area contributed by atoms with Gasteiger partial charge >= 0.3 is 0 Å². The summed E-state index contributed by atoms with van der Waals surface area (Å²) in [6.45, 7) is 0.656. The van der Waals surface area contributed by atoms with Crippen LogP contribution in [0, 0.1) is 0 Å².